The predicted octanol–water partition coefficient (Wildman–Crippen LogP) is 2.34. The van der Waals surface area contributed by atoms with Gasteiger partial charge in [-0.25, -0.2) is 0 Å². The lowest BCUT2D eigenvalue weighted by atomic mass is 10.2. The normalized spacial score (nSPS) is 12.8. The van der Waals surface area contributed by atoms with Gasteiger partial charge in [0.25, 0.3) is 9.76 Å². The average Bonchev–Trinajstić information content (AvgIpc) is 1.78. The highest BCUT2D eigenvalue weighted by molar-refractivity contribution is 6.34. The third-order valence-electron chi connectivity index (χ3n) is 0.787. The van der Waals surface area contributed by atoms with Gasteiger partial charge in [0.2, 0.25) is 0 Å². The van der Waals surface area contributed by atoms with Gasteiger partial charge in [-0.15, -0.1) is 0 Å². The number of hydrogen-bond donors (Lipinski definition) is 0. The second kappa shape index (κ2) is 4.69. The van der Waals surface area contributed by atoms with E-state index < -0.39 is 0 Å². The van der Waals surface area contributed by atoms with E-state index >= 15 is 0 Å². The number of hydrogen-bond acceptors (Lipinski definition) is 1. The van der Waals surface area contributed by atoms with Crippen LogP contribution < -0.4 is 0 Å². The maximum absolute atomic E-state index is 5.47. The summed E-state index contributed by atoms with van der Waals surface area (Å²) in [6.45, 7) is 8.33. The first kappa shape index (κ1) is 9.92. The molecule has 1 nitrogen and oxygen atoms in total. The monoisotopic (exact) mass is 156 g/mol. The van der Waals surface area contributed by atoms with E-state index in [0.29, 0.717) is 9.76 Å². The van der Waals surface area contributed by atoms with Crippen molar-refractivity contribution in [2.24, 2.45) is 0 Å². The van der Waals surface area contributed by atoms with Crippen LogP contribution >= 0.6 is 0 Å². The Labute approximate surface area is 66.4 Å². The zero-order valence-electron chi connectivity index (χ0n) is 7.27. The molecule has 0 spiro atoms. The van der Waals surface area contributed by atoms with Crippen molar-refractivity contribution in [2.75, 3.05) is 0 Å². The zero-order valence-corrected chi connectivity index (χ0v) is 8.27. The molecule has 0 aliphatic heterocycles. The van der Waals surface area contributed by atoms with Crippen molar-refractivity contribution in [2.45, 2.75) is 39.7 Å². The number of rotatable bonds is 3. The predicted molar refractivity (Wildman–Crippen MR) is 46.0 cm³/mol. The molecule has 0 unspecified atom stereocenters. The standard InChI is InChI=1S/C8H16OSi/c1-5-6-7-10-9-8(2,3)4/h6-7H,5H2,1-4H3/b7-6+. The van der Waals surface area contributed by atoms with E-state index in [2.05, 4.69) is 39.5 Å². The first-order chi connectivity index (χ1) is 4.56. The van der Waals surface area contributed by atoms with E-state index in [1.807, 2.05) is 0 Å². The van der Waals surface area contributed by atoms with Gasteiger partial charge in [0, 0.05) is 5.60 Å². The maximum atomic E-state index is 5.47. The molecule has 58 valence electrons. The first-order valence-electron chi connectivity index (χ1n) is 3.65. The van der Waals surface area contributed by atoms with E-state index in [-0.39, 0.29) is 5.60 Å². The van der Waals surface area contributed by atoms with Crippen molar-refractivity contribution < 1.29 is 4.43 Å². The third-order valence-corrected chi connectivity index (χ3v) is 1.89. The topological polar surface area (TPSA) is 9.23 Å². The van der Waals surface area contributed by atoms with E-state index in [1.54, 1.807) is 0 Å². The Kier molecular flexibility index (Phi) is 4.65. The molecule has 2 heteroatoms. The van der Waals surface area contributed by atoms with E-state index in [9.17, 15) is 0 Å². The van der Waals surface area contributed by atoms with Gasteiger partial charge < -0.3 is 4.43 Å². The van der Waals surface area contributed by atoms with Gasteiger partial charge in [-0.2, -0.15) is 0 Å². The van der Waals surface area contributed by atoms with Crippen LogP contribution in [0.4, 0.5) is 0 Å². The summed E-state index contributed by atoms with van der Waals surface area (Å²) in [6, 6.07) is 0. The molecule has 0 fully saturated rings. The smallest absolute Gasteiger partial charge is 0.261 e. The van der Waals surface area contributed by atoms with Crippen LogP contribution in [0.5, 0.6) is 0 Å². The molecule has 0 bridgehead atoms. The van der Waals surface area contributed by atoms with Crippen molar-refractivity contribution in [3.63, 3.8) is 0 Å². The Bertz CT molecular complexity index is 102. The number of allylic oxidation sites excluding steroid dienone is 1. The molecule has 0 aromatic heterocycles. The van der Waals surface area contributed by atoms with Crippen LogP contribution in [0, 0.1) is 0 Å². The van der Waals surface area contributed by atoms with Crippen LogP contribution in [0.2, 0.25) is 0 Å². The molecule has 0 heterocycles. The Hall–Kier alpha value is -0.0831. The minimum Gasteiger partial charge on any atom is -0.407 e. The molecule has 0 saturated carbocycles. The van der Waals surface area contributed by atoms with Gasteiger partial charge in [-0.05, 0) is 27.2 Å². The van der Waals surface area contributed by atoms with E-state index in [4.69, 9.17) is 4.43 Å². The first-order valence-corrected chi connectivity index (χ1v) is 4.63. The zero-order chi connectivity index (χ0) is 8.04. The fourth-order valence-corrected chi connectivity index (χ4v) is 1.13. The maximum Gasteiger partial charge on any atom is 0.261 e. The van der Waals surface area contributed by atoms with Crippen molar-refractivity contribution in [1.82, 2.24) is 0 Å². The lowest BCUT2D eigenvalue weighted by Crippen LogP contribution is -2.20. The Morgan fingerprint density at radius 2 is 2.00 bits per heavy atom. The molecule has 2 radical (unpaired) electrons. The fourth-order valence-electron chi connectivity index (χ4n) is 0.377. The van der Waals surface area contributed by atoms with Crippen molar-refractivity contribution in [3.05, 3.63) is 11.8 Å². The highest BCUT2D eigenvalue weighted by Crippen LogP contribution is 2.04. The van der Waals surface area contributed by atoms with E-state index in [0.717, 1.165) is 6.42 Å². The minimum atomic E-state index is 0.0104. The Morgan fingerprint density at radius 3 is 2.40 bits per heavy atom. The van der Waals surface area contributed by atoms with Gasteiger partial charge in [-0.3, -0.25) is 0 Å². The summed E-state index contributed by atoms with van der Waals surface area (Å²) in [7, 11) is 0.510. The van der Waals surface area contributed by atoms with Gasteiger partial charge in [0.1, 0.15) is 0 Å². The molecule has 0 atom stereocenters. The van der Waals surface area contributed by atoms with E-state index in [1.165, 1.54) is 0 Å². The van der Waals surface area contributed by atoms with Crippen LogP contribution in [0.25, 0.3) is 0 Å². The second-order valence-electron chi connectivity index (χ2n) is 3.14. The van der Waals surface area contributed by atoms with Crippen LogP contribution in [0.3, 0.4) is 0 Å². The van der Waals surface area contributed by atoms with Gasteiger partial charge in [0.15, 0.2) is 0 Å². The molecule has 0 N–H and O–H groups in total. The quantitative estimate of drug-likeness (QED) is 0.570. The Morgan fingerprint density at radius 1 is 1.40 bits per heavy atom. The van der Waals surface area contributed by atoms with Gasteiger partial charge in [-0.1, -0.05) is 18.7 Å². The highest BCUT2D eigenvalue weighted by Gasteiger charge is 2.07. The summed E-state index contributed by atoms with van der Waals surface area (Å²) in [4.78, 5) is 0. The van der Waals surface area contributed by atoms with Crippen molar-refractivity contribution in [3.8, 4) is 0 Å². The van der Waals surface area contributed by atoms with Crippen molar-refractivity contribution >= 4 is 9.76 Å². The molecular formula is C8H16OSi. The second-order valence-corrected chi connectivity index (χ2v) is 3.92. The van der Waals surface area contributed by atoms with Crippen LogP contribution in [-0.2, 0) is 4.43 Å². The third kappa shape index (κ3) is 7.92. The molecule has 0 aliphatic carbocycles. The molecule has 0 aromatic rings. The summed E-state index contributed by atoms with van der Waals surface area (Å²) in [6.07, 6.45) is 3.23. The summed E-state index contributed by atoms with van der Waals surface area (Å²) < 4.78 is 5.47. The fraction of sp³-hybridized carbons (Fsp3) is 0.750. The summed E-state index contributed by atoms with van der Waals surface area (Å²) in [5, 5.41) is 0. The molecule has 0 amide bonds. The lowest BCUT2D eigenvalue weighted by Gasteiger charge is -2.17. The summed E-state index contributed by atoms with van der Waals surface area (Å²) in [5.74, 6) is 0. The van der Waals surface area contributed by atoms with Gasteiger partial charge >= 0.3 is 0 Å². The molecule has 0 aromatic carbocycles. The molecular weight excluding hydrogens is 140 g/mol. The summed E-state index contributed by atoms with van der Waals surface area (Å²) >= 11 is 0. The molecule has 0 saturated heterocycles. The molecule has 0 rings (SSSR count). The highest BCUT2D eigenvalue weighted by atomic mass is 28.2. The van der Waals surface area contributed by atoms with Crippen LogP contribution in [-0.4, -0.2) is 15.4 Å². The van der Waals surface area contributed by atoms with Gasteiger partial charge in [0.05, 0.1) is 0 Å². The molecule has 10 heavy (non-hydrogen) atoms. The average molecular weight is 156 g/mol. The minimum absolute atomic E-state index is 0.0104. The van der Waals surface area contributed by atoms with Crippen molar-refractivity contribution in [1.29, 1.82) is 0 Å². The molecule has 0 aliphatic rings. The largest absolute Gasteiger partial charge is 0.407 e. The SMILES string of the molecule is CC/C=C/[Si]OC(C)(C)C. The summed E-state index contributed by atoms with van der Waals surface area (Å²) in [5.41, 5.74) is 2.10. The lowest BCUT2D eigenvalue weighted by molar-refractivity contribution is 0.141. The van der Waals surface area contributed by atoms with Crippen LogP contribution in [0.15, 0.2) is 11.8 Å². The Balaban J connectivity index is 3.28. The van der Waals surface area contributed by atoms with Crippen LogP contribution in [0.1, 0.15) is 34.1 Å².